The van der Waals surface area contributed by atoms with Gasteiger partial charge in [0.15, 0.2) is 5.60 Å². The van der Waals surface area contributed by atoms with Gasteiger partial charge in [-0.3, -0.25) is 4.79 Å². The molecule has 2 aromatic carbocycles. The number of fused-ring (bicyclic) bond motifs is 2. The second kappa shape index (κ2) is 8.06. The van der Waals surface area contributed by atoms with E-state index in [1.54, 1.807) is 11.0 Å². The Morgan fingerprint density at radius 2 is 1.53 bits per heavy atom. The van der Waals surface area contributed by atoms with E-state index in [9.17, 15) is 19.5 Å². The van der Waals surface area contributed by atoms with Crippen LogP contribution in [0, 0.1) is 0 Å². The number of hydrogen-bond donors (Lipinski definition) is 1. The third-order valence-electron chi connectivity index (χ3n) is 8.60. The number of ether oxygens (including phenoxy) is 2. The Kier molecular flexibility index (Phi) is 5.16. The fraction of sp³-hybridized carbons (Fsp3) is 0.464. The smallest absolute Gasteiger partial charge is 0.409 e. The lowest BCUT2D eigenvalue weighted by atomic mass is 9.83. The molecule has 1 N–H and O–H groups in total. The summed E-state index contributed by atoms with van der Waals surface area (Å²) < 4.78 is 10.6. The Hall–Kier alpha value is -3.39. The molecular formula is C28H30N2O6. The SMILES string of the molecule is COC(=O)N1CCC(O)(c2ccc(C3(C(=O)N4CCC5(C4)OC(=O)c4ccccc45)CC3)cc2)CC1. The van der Waals surface area contributed by atoms with E-state index in [0.29, 0.717) is 51.0 Å². The minimum Gasteiger partial charge on any atom is -0.453 e. The summed E-state index contributed by atoms with van der Waals surface area (Å²) in [5.74, 6) is -0.232. The van der Waals surface area contributed by atoms with E-state index >= 15 is 0 Å². The summed E-state index contributed by atoms with van der Waals surface area (Å²) in [6.07, 6.45) is 2.66. The van der Waals surface area contributed by atoms with Gasteiger partial charge < -0.3 is 24.4 Å². The van der Waals surface area contributed by atoms with Gasteiger partial charge in [0, 0.05) is 31.6 Å². The zero-order valence-corrected chi connectivity index (χ0v) is 20.4. The quantitative estimate of drug-likeness (QED) is 0.665. The first-order chi connectivity index (χ1) is 17.3. The van der Waals surface area contributed by atoms with Crippen molar-refractivity contribution < 1.29 is 29.0 Å². The highest BCUT2D eigenvalue weighted by Crippen LogP contribution is 2.52. The third kappa shape index (κ3) is 3.42. The van der Waals surface area contributed by atoms with Gasteiger partial charge in [0.05, 0.1) is 30.2 Å². The summed E-state index contributed by atoms with van der Waals surface area (Å²) in [7, 11) is 1.36. The maximum atomic E-state index is 13.7. The van der Waals surface area contributed by atoms with Crippen molar-refractivity contribution in [2.75, 3.05) is 33.3 Å². The van der Waals surface area contributed by atoms with Gasteiger partial charge >= 0.3 is 12.1 Å². The number of likely N-dealkylation sites (tertiary alicyclic amines) is 2. The van der Waals surface area contributed by atoms with Crippen molar-refractivity contribution in [3.05, 3.63) is 70.8 Å². The summed E-state index contributed by atoms with van der Waals surface area (Å²) >= 11 is 0. The van der Waals surface area contributed by atoms with Gasteiger partial charge in [0.2, 0.25) is 5.91 Å². The molecule has 2 amide bonds. The first-order valence-electron chi connectivity index (χ1n) is 12.6. The minimum atomic E-state index is -1.01. The van der Waals surface area contributed by atoms with Crippen LogP contribution in [0.2, 0.25) is 0 Å². The van der Waals surface area contributed by atoms with Crippen molar-refractivity contribution in [2.24, 2.45) is 0 Å². The Morgan fingerprint density at radius 3 is 2.19 bits per heavy atom. The molecule has 8 nitrogen and oxygen atoms in total. The molecule has 3 heterocycles. The van der Waals surface area contributed by atoms with Crippen LogP contribution in [-0.4, -0.2) is 66.2 Å². The van der Waals surface area contributed by atoms with Crippen LogP contribution in [-0.2, 0) is 30.9 Å². The number of hydrogen-bond acceptors (Lipinski definition) is 6. The number of esters is 1. The summed E-state index contributed by atoms with van der Waals surface area (Å²) in [5, 5.41) is 11.2. The van der Waals surface area contributed by atoms with Gasteiger partial charge in [0.1, 0.15) is 0 Å². The molecule has 0 bridgehead atoms. The Bertz CT molecular complexity index is 1230. The molecule has 1 saturated carbocycles. The number of carbonyl (C=O) groups is 3. The second-order valence-corrected chi connectivity index (χ2v) is 10.6. The van der Waals surface area contributed by atoms with Gasteiger partial charge in [-0.1, -0.05) is 42.5 Å². The van der Waals surface area contributed by atoms with Gasteiger partial charge in [0.25, 0.3) is 0 Å². The van der Waals surface area contributed by atoms with E-state index in [1.165, 1.54) is 7.11 Å². The van der Waals surface area contributed by atoms with E-state index < -0.39 is 16.6 Å². The molecule has 6 rings (SSSR count). The average Bonchev–Trinajstić information content (AvgIpc) is 3.54. The molecule has 188 valence electrons. The molecule has 3 aliphatic heterocycles. The predicted octanol–water partition coefficient (Wildman–Crippen LogP) is 3.07. The number of piperidine rings is 1. The Labute approximate surface area is 209 Å². The van der Waals surface area contributed by atoms with Crippen molar-refractivity contribution in [1.29, 1.82) is 0 Å². The number of rotatable bonds is 3. The molecule has 36 heavy (non-hydrogen) atoms. The molecule has 8 heteroatoms. The highest BCUT2D eigenvalue weighted by Gasteiger charge is 2.57. The first kappa shape index (κ1) is 23.0. The summed E-state index contributed by atoms with van der Waals surface area (Å²) in [6, 6.07) is 15.2. The molecule has 0 aromatic heterocycles. The van der Waals surface area contributed by atoms with Gasteiger partial charge in [-0.05, 0) is 42.9 Å². The van der Waals surface area contributed by atoms with Crippen LogP contribution < -0.4 is 0 Å². The maximum absolute atomic E-state index is 13.7. The van der Waals surface area contributed by atoms with Crippen LogP contribution in [0.3, 0.4) is 0 Å². The number of aliphatic hydroxyl groups is 1. The number of methoxy groups -OCH3 is 1. The van der Waals surface area contributed by atoms with Crippen molar-refractivity contribution in [3.8, 4) is 0 Å². The van der Waals surface area contributed by atoms with E-state index in [4.69, 9.17) is 9.47 Å². The van der Waals surface area contributed by atoms with Crippen LogP contribution in [0.15, 0.2) is 48.5 Å². The fourth-order valence-corrected chi connectivity index (χ4v) is 6.23. The molecule has 4 aliphatic rings. The van der Waals surface area contributed by atoms with E-state index in [2.05, 4.69) is 0 Å². The number of benzene rings is 2. The van der Waals surface area contributed by atoms with E-state index in [1.807, 2.05) is 47.4 Å². The predicted molar refractivity (Wildman–Crippen MR) is 129 cm³/mol. The fourth-order valence-electron chi connectivity index (χ4n) is 6.23. The first-order valence-corrected chi connectivity index (χ1v) is 12.6. The molecule has 1 unspecified atom stereocenters. The van der Waals surface area contributed by atoms with Crippen molar-refractivity contribution in [1.82, 2.24) is 9.80 Å². The molecule has 1 aliphatic carbocycles. The summed E-state index contributed by atoms with van der Waals surface area (Å²) in [6.45, 7) is 1.79. The van der Waals surface area contributed by atoms with Gasteiger partial charge in [-0.25, -0.2) is 9.59 Å². The topological polar surface area (TPSA) is 96.4 Å². The number of nitrogens with zero attached hydrogens (tertiary/aromatic N) is 2. The lowest BCUT2D eigenvalue weighted by molar-refractivity contribution is -0.134. The highest BCUT2D eigenvalue weighted by atomic mass is 16.6. The average molecular weight is 491 g/mol. The molecule has 3 fully saturated rings. The van der Waals surface area contributed by atoms with Crippen molar-refractivity contribution in [2.45, 2.75) is 48.7 Å². The van der Waals surface area contributed by atoms with Gasteiger partial charge in [-0.15, -0.1) is 0 Å². The van der Waals surface area contributed by atoms with Crippen LogP contribution in [0.4, 0.5) is 4.79 Å². The minimum absolute atomic E-state index is 0.0812. The normalized spacial score (nSPS) is 25.4. The molecular weight excluding hydrogens is 460 g/mol. The lowest BCUT2D eigenvalue weighted by Crippen LogP contribution is -2.45. The highest BCUT2D eigenvalue weighted by molar-refractivity contribution is 5.96. The third-order valence-corrected chi connectivity index (χ3v) is 8.60. The number of carbonyl (C=O) groups excluding carboxylic acids is 3. The van der Waals surface area contributed by atoms with Crippen LogP contribution in [0.1, 0.15) is 59.2 Å². The molecule has 0 radical (unpaired) electrons. The lowest BCUT2D eigenvalue weighted by Gasteiger charge is -2.38. The molecule has 2 saturated heterocycles. The standard InChI is InChI=1S/C28H30N2O6/c1-35-25(33)29-15-12-27(34,13-16-29)20-8-6-19(7-9-20)26(10-11-26)24(32)30-17-14-28(18-30)22-5-3-2-4-21(22)23(31)36-28/h2-9,34H,10-18H2,1H3. The Balaban J connectivity index is 1.17. The second-order valence-electron chi connectivity index (χ2n) is 10.6. The summed E-state index contributed by atoms with van der Waals surface area (Å²) in [5.41, 5.74) is 0.926. The summed E-state index contributed by atoms with van der Waals surface area (Å²) in [4.78, 5) is 41.4. The zero-order chi connectivity index (χ0) is 25.1. The largest absolute Gasteiger partial charge is 0.453 e. The zero-order valence-electron chi connectivity index (χ0n) is 20.4. The van der Waals surface area contributed by atoms with Crippen molar-refractivity contribution >= 4 is 18.0 Å². The van der Waals surface area contributed by atoms with Crippen LogP contribution in [0.25, 0.3) is 0 Å². The van der Waals surface area contributed by atoms with Gasteiger partial charge in [-0.2, -0.15) is 0 Å². The number of amides is 2. The maximum Gasteiger partial charge on any atom is 0.409 e. The molecule has 1 spiro atoms. The van der Waals surface area contributed by atoms with Crippen molar-refractivity contribution in [3.63, 3.8) is 0 Å². The van der Waals surface area contributed by atoms with Crippen LogP contribution >= 0.6 is 0 Å². The molecule has 1 atom stereocenters. The molecule has 2 aromatic rings. The monoisotopic (exact) mass is 490 g/mol. The van der Waals surface area contributed by atoms with E-state index in [0.717, 1.165) is 29.5 Å². The van der Waals surface area contributed by atoms with Crippen LogP contribution in [0.5, 0.6) is 0 Å². The Morgan fingerprint density at radius 1 is 0.889 bits per heavy atom. The van der Waals surface area contributed by atoms with E-state index in [-0.39, 0.29) is 18.0 Å².